The number of carbonyl (C=O) groups is 1. The molecule has 1 unspecified atom stereocenters. The second-order valence-corrected chi connectivity index (χ2v) is 2.92. The maximum Gasteiger partial charge on any atom is 0.165 e. The number of benzene rings is 1. The molecule has 5 heteroatoms. The summed E-state index contributed by atoms with van der Waals surface area (Å²) >= 11 is 0. The number of aliphatic hydroxyl groups is 2. The van der Waals surface area contributed by atoms with Crippen LogP contribution in [-0.4, -0.2) is 35.8 Å². The van der Waals surface area contributed by atoms with Crippen molar-refractivity contribution in [3.63, 3.8) is 0 Å². The number of aliphatic hydroxyl groups excluding tert-OH is 2. The Morgan fingerprint density at radius 3 is 2.87 bits per heavy atom. The van der Waals surface area contributed by atoms with E-state index < -0.39 is 18.5 Å². The minimum absolute atomic E-state index is 0.0696. The average molecular weight is 214 g/mol. The minimum atomic E-state index is -1.09. The Bertz CT molecular complexity index is 340. The average Bonchev–Trinajstić information content (AvgIpc) is 2.26. The highest BCUT2D eigenvalue weighted by Gasteiger charge is 2.11. The lowest BCUT2D eigenvalue weighted by Crippen LogP contribution is -2.22. The zero-order valence-electron chi connectivity index (χ0n) is 7.89. The molecule has 0 saturated carbocycles. The van der Waals surface area contributed by atoms with E-state index in [1.165, 1.54) is 12.1 Å². The van der Waals surface area contributed by atoms with E-state index in [9.17, 15) is 9.18 Å². The molecule has 0 bridgehead atoms. The molecule has 0 saturated heterocycles. The summed E-state index contributed by atoms with van der Waals surface area (Å²) in [4.78, 5) is 10.5. The Kier molecular flexibility index (Phi) is 4.20. The van der Waals surface area contributed by atoms with Crippen molar-refractivity contribution in [2.24, 2.45) is 0 Å². The number of hydrogen-bond acceptors (Lipinski definition) is 4. The van der Waals surface area contributed by atoms with Gasteiger partial charge >= 0.3 is 0 Å². The molecular weight excluding hydrogens is 203 g/mol. The summed E-state index contributed by atoms with van der Waals surface area (Å²) in [5, 5.41) is 17.5. The topological polar surface area (TPSA) is 66.8 Å². The predicted molar refractivity (Wildman–Crippen MR) is 50.4 cm³/mol. The molecule has 0 amide bonds. The highest BCUT2D eigenvalue weighted by molar-refractivity contribution is 5.79. The van der Waals surface area contributed by atoms with Crippen LogP contribution in [0.25, 0.3) is 0 Å². The van der Waals surface area contributed by atoms with Crippen LogP contribution < -0.4 is 4.74 Å². The molecule has 15 heavy (non-hydrogen) atoms. The molecule has 82 valence electrons. The molecule has 1 aromatic rings. The van der Waals surface area contributed by atoms with Crippen LogP contribution >= 0.6 is 0 Å². The van der Waals surface area contributed by atoms with Crippen LogP contribution in [-0.2, 0) is 0 Å². The number of carbonyl (C=O) groups excluding carboxylic acids is 1. The van der Waals surface area contributed by atoms with Crippen molar-refractivity contribution in [3.8, 4) is 5.75 Å². The molecule has 1 atom stereocenters. The summed E-state index contributed by atoms with van der Waals surface area (Å²) in [6.07, 6.45) is -0.631. The zero-order chi connectivity index (χ0) is 11.3. The standard InChI is InChI=1S/C10H11FO4/c11-9-3-1-2-7(4-12)10(9)15-6-8(14)5-13/h1-4,8,13-14H,5-6H2. The van der Waals surface area contributed by atoms with Gasteiger partial charge in [-0.15, -0.1) is 0 Å². The summed E-state index contributed by atoms with van der Waals surface area (Å²) in [6, 6.07) is 3.93. The predicted octanol–water partition coefficient (Wildman–Crippen LogP) is 0.370. The largest absolute Gasteiger partial charge is 0.487 e. The van der Waals surface area contributed by atoms with Gasteiger partial charge in [0.25, 0.3) is 0 Å². The van der Waals surface area contributed by atoms with E-state index in [0.717, 1.165) is 6.07 Å². The number of hydrogen-bond donors (Lipinski definition) is 2. The smallest absolute Gasteiger partial charge is 0.165 e. The molecular formula is C10H11FO4. The Labute approximate surface area is 85.9 Å². The molecule has 0 aliphatic heterocycles. The third kappa shape index (κ3) is 3.00. The lowest BCUT2D eigenvalue weighted by Gasteiger charge is -2.11. The van der Waals surface area contributed by atoms with E-state index in [4.69, 9.17) is 14.9 Å². The molecule has 1 rings (SSSR count). The lowest BCUT2D eigenvalue weighted by atomic mass is 10.2. The van der Waals surface area contributed by atoms with Crippen molar-refractivity contribution in [1.29, 1.82) is 0 Å². The first kappa shape index (κ1) is 11.6. The molecule has 2 N–H and O–H groups in total. The van der Waals surface area contributed by atoms with Crippen LogP contribution in [0.2, 0.25) is 0 Å². The molecule has 0 radical (unpaired) electrons. The molecule has 0 spiro atoms. The SMILES string of the molecule is O=Cc1cccc(F)c1OCC(O)CO. The minimum Gasteiger partial charge on any atom is -0.487 e. The summed E-state index contributed by atoms with van der Waals surface area (Å²) in [7, 11) is 0. The van der Waals surface area contributed by atoms with Crippen molar-refractivity contribution >= 4 is 6.29 Å². The van der Waals surface area contributed by atoms with E-state index in [-0.39, 0.29) is 17.9 Å². The van der Waals surface area contributed by atoms with Gasteiger partial charge in [0.15, 0.2) is 17.9 Å². The fraction of sp³-hybridized carbons (Fsp3) is 0.300. The summed E-state index contributed by atoms with van der Waals surface area (Å²) in [6.45, 7) is -0.747. The van der Waals surface area contributed by atoms with E-state index in [0.29, 0.717) is 6.29 Å². The van der Waals surface area contributed by atoms with Crippen molar-refractivity contribution in [2.75, 3.05) is 13.2 Å². The molecule has 0 fully saturated rings. The summed E-state index contributed by atoms with van der Waals surface area (Å²) in [5.74, 6) is -0.885. The monoisotopic (exact) mass is 214 g/mol. The van der Waals surface area contributed by atoms with Gasteiger partial charge in [0.1, 0.15) is 12.7 Å². The number of halogens is 1. The van der Waals surface area contributed by atoms with Crippen LogP contribution in [0.1, 0.15) is 10.4 Å². The number of ether oxygens (including phenoxy) is 1. The van der Waals surface area contributed by atoms with Crippen LogP contribution in [0, 0.1) is 5.82 Å². The Balaban J connectivity index is 2.78. The molecule has 0 heterocycles. The molecule has 1 aromatic carbocycles. The number of rotatable bonds is 5. The highest BCUT2D eigenvalue weighted by atomic mass is 19.1. The summed E-state index contributed by atoms with van der Waals surface area (Å²) in [5.41, 5.74) is 0.0696. The van der Waals surface area contributed by atoms with Crippen molar-refractivity contribution < 1.29 is 24.1 Å². The maximum absolute atomic E-state index is 13.2. The van der Waals surface area contributed by atoms with Gasteiger partial charge in [-0.25, -0.2) is 4.39 Å². The normalized spacial score (nSPS) is 12.2. The number of para-hydroxylation sites is 1. The van der Waals surface area contributed by atoms with Gasteiger partial charge in [-0.1, -0.05) is 6.07 Å². The van der Waals surface area contributed by atoms with Crippen molar-refractivity contribution in [3.05, 3.63) is 29.6 Å². The van der Waals surface area contributed by atoms with Crippen LogP contribution in [0.4, 0.5) is 4.39 Å². The second kappa shape index (κ2) is 5.43. The van der Waals surface area contributed by atoms with Crippen molar-refractivity contribution in [1.82, 2.24) is 0 Å². The third-order valence-corrected chi connectivity index (χ3v) is 1.76. The lowest BCUT2D eigenvalue weighted by molar-refractivity contribution is 0.0520. The first-order valence-electron chi connectivity index (χ1n) is 4.34. The second-order valence-electron chi connectivity index (χ2n) is 2.92. The van der Waals surface area contributed by atoms with Gasteiger partial charge in [0.2, 0.25) is 0 Å². The quantitative estimate of drug-likeness (QED) is 0.695. The fourth-order valence-corrected chi connectivity index (χ4v) is 1.00. The Morgan fingerprint density at radius 1 is 1.53 bits per heavy atom. The van der Waals surface area contributed by atoms with E-state index in [1.54, 1.807) is 0 Å². The maximum atomic E-state index is 13.2. The number of aldehydes is 1. The van der Waals surface area contributed by atoms with Gasteiger partial charge in [-0.05, 0) is 12.1 Å². The van der Waals surface area contributed by atoms with Crippen molar-refractivity contribution in [2.45, 2.75) is 6.10 Å². The molecule has 0 aliphatic rings. The van der Waals surface area contributed by atoms with Gasteiger partial charge < -0.3 is 14.9 Å². The molecule has 0 aromatic heterocycles. The highest BCUT2D eigenvalue weighted by Crippen LogP contribution is 2.21. The Morgan fingerprint density at radius 2 is 2.27 bits per heavy atom. The zero-order valence-corrected chi connectivity index (χ0v) is 7.89. The Hall–Kier alpha value is -1.46. The first-order chi connectivity index (χ1) is 7.19. The third-order valence-electron chi connectivity index (χ3n) is 1.76. The van der Waals surface area contributed by atoms with Gasteiger partial charge in [0, 0.05) is 0 Å². The van der Waals surface area contributed by atoms with Crippen LogP contribution in [0.15, 0.2) is 18.2 Å². The summed E-state index contributed by atoms with van der Waals surface area (Å²) < 4.78 is 18.1. The fourth-order valence-electron chi connectivity index (χ4n) is 1.00. The molecule has 4 nitrogen and oxygen atoms in total. The van der Waals surface area contributed by atoms with Crippen LogP contribution in [0.5, 0.6) is 5.75 Å². The van der Waals surface area contributed by atoms with Gasteiger partial charge in [0.05, 0.1) is 12.2 Å². The molecule has 0 aliphatic carbocycles. The van der Waals surface area contributed by atoms with Crippen LogP contribution in [0.3, 0.4) is 0 Å². The first-order valence-corrected chi connectivity index (χ1v) is 4.34. The van der Waals surface area contributed by atoms with E-state index in [1.807, 2.05) is 0 Å². The van der Waals surface area contributed by atoms with Gasteiger partial charge in [-0.2, -0.15) is 0 Å². The van der Waals surface area contributed by atoms with E-state index in [2.05, 4.69) is 0 Å². The van der Waals surface area contributed by atoms with Gasteiger partial charge in [-0.3, -0.25) is 4.79 Å². The van der Waals surface area contributed by atoms with E-state index >= 15 is 0 Å².